The minimum atomic E-state index is -1.29. The highest BCUT2D eigenvalue weighted by Crippen LogP contribution is 2.43. The van der Waals surface area contributed by atoms with Crippen molar-refractivity contribution in [2.75, 3.05) is 53.7 Å². The third-order valence-corrected chi connectivity index (χ3v) is 11.4. The molecule has 9 heteroatoms. The van der Waals surface area contributed by atoms with E-state index in [0.29, 0.717) is 65.4 Å². The van der Waals surface area contributed by atoms with Crippen molar-refractivity contribution in [1.29, 1.82) is 0 Å². The molecule has 4 atom stereocenters. The SMILES string of the molecule is COCCO[C@@H]1C[C@@H](C(O)(c2ccccc2)c2ccccc2)N(Cc2cccc(CN3C[C@H](OCCOC)C[C@H]3C(O)(c3ccccc3)c3ccccc3)n2)C1. The molecule has 2 saturated heterocycles. The first-order valence-corrected chi connectivity index (χ1v) is 19.7. The number of aromatic nitrogens is 1. The summed E-state index contributed by atoms with van der Waals surface area (Å²) in [5.74, 6) is 0. The Morgan fingerprint density at radius 2 is 0.839 bits per heavy atom. The van der Waals surface area contributed by atoms with Crippen LogP contribution in [0.1, 0.15) is 46.5 Å². The molecule has 0 spiro atoms. The quantitative estimate of drug-likeness (QED) is 0.102. The van der Waals surface area contributed by atoms with Crippen LogP contribution in [0.25, 0.3) is 0 Å². The first-order chi connectivity index (χ1) is 27.4. The number of methoxy groups -OCH3 is 2. The lowest BCUT2D eigenvalue weighted by Crippen LogP contribution is -2.48. The minimum absolute atomic E-state index is 0.0914. The van der Waals surface area contributed by atoms with E-state index in [1.54, 1.807) is 14.2 Å². The zero-order valence-electron chi connectivity index (χ0n) is 32.5. The molecule has 0 unspecified atom stereocenters. The van der Waals surface area contributed by atoms with Gasteiger partial charge in [-0.3, -0.25) is 14.8 Å². The van der Waals surface area contributed by atoms with Gasteiger partial charge in [-0.25, -0.2) is 0 Å². The molecule has 0 radical (unpaired) electrons. The lowest BCUT2D eigenvalue weighted by molar-refractivity contribution is -0.00878. The van der Waals surface area contributed by atoms with E-state index >= 15 is 0 Å². The number of pyridine rings is 1. The first-order valence-electron chi connectivity index (χ1n) is 19.7. The van der Waals surface area contributed by atoms with E-state index in [2.05, 4.69) is 28.0 Å². The molecule has 2 aliphatic rings. The molecule has 0 amide bonds. The first kappa shape index (κ1) is 39.9. The normalized spacial score (nSPS) is 20.8. The lowest BCUT2D eigenvalue weighted by atomic mass is 9.78. The second-order valence-corrected chi connectivity index (χ2v) is 15.0. The van der Waals surface area contributed by atoms with E-state index < -0.39 is 11.2 Å². The molecular formula is C47H55N3O6. The van der Waals surface area contributed by atoms with Gasteiger partial charge in [0.25, 0.3) is 0 Å². The Bertz CT molecular complexity index is 1700. The lowest BCUT2D eigenvalue weighted by Gasteiger charge is -2.40. The van der Waals surface area contributed by atoms with Gasteiger partial charge >= 0.3 is 0 Å². The number of nitrogens with zero attached hydrogens (tertiary/aromatic N) is 3. The predicted molar refractivity (Wildman–Crippen MR) is 217 cm³/mol. The van der Waals surface area contributed by atoms with Crippen LogP contribution in [-0.2, 0) is 43.2 Å². The topological polar surface area (TPSA) is 96.8 Å². The number of likely N-dealkylation sites (tertiary alicyclic amines) is 2. The van der Waals surface area contributed by atoms with Gasteiger partial charge in [0.2, 0.25) is 0 Å². The highest BCUT2D eigenvalue weighted by molar-refractivity contribution is 5.40. The number of aliphatic hydroxyl groups is 2. The van der Waals surface area contributed by atoms with E-state index in [9.17, 15) is 10.2 Å². The Morgan fingerprint density at radius 3 is 1.16 bits per heavy atom. The summed E-state index contributed by atoms with van der Waals surface area (Å²) in [6, 6.07) is 45.4. The van der Waals surface area contributed by atoms with Crippen molar-refractivity contribution in [3.05, 3.63) is 173 Å². The molecule has 2 aliphatic heterocycles. The van der Waals surface area contributed by atoms with Gasteiger partial charge < -0.3 is 29.2 Å². The van der Waals surface area contributed by atoms with Gasteiger partial charge in [-0.1, -0.05) is 127 Å². The van der Waals surface area contributed by atoms with Gasteiger partial charge in [-0.15, -0.1) is 0 Å². The van der Waals surface area contributed by atoms with Gasteiger partial charge in [0.1, 0.15) is 11.2 Å². The van der Waals surface area contributed by atoms with Crippen molar-refractivity contribution in [3.63, 3.8) is 0 Å². The molecule has 3 heterocycles. The molecule has 9 nitrogen and oxygen atoms in total. The predicted octanol–water partition coefficient (Wildman–Crippen LogP) is 6.17. The summed E-state index contributed by atoms with van der Waals surface area (Å²) in [5.41, 5.74) is 2.58. The molecule has 7 rings (SSSR count). The summed E-state index contributed by atoms with van der Waals surface area (Å²) in [5, 5.41) is 25.9. The Kier molecular flexibility index (Phi) is 13.4. The van der Waals surface area contributed by atoms with Gasteiger partial charge in [0, 0.05) is 52.5 Å². The molecule has 0 aliphatic carbocycles. The molecule has 2 fully saturated rings. The fourth-order valence-corrected chi connectivity index (χ4v) is 8.77. The second-order valence-electron chi connectivity index (χ2n) is 15.0. The summed E-state index contributed by atoms with van der Waals surface area (Å²) < 4.78 is 23.3. The summed E-state index contributed by atoms with van der Waals surface area (Å²) in [7, 11) is 3.36. The van der Waals surface area contributed by atoms with E-state index in [4.69, 9.17) is 23.9 Å². The second kappa shape index (κ2) is 18.8. The third-order valence-electron chi connectivity index (χ3n) is 11.4. The monoisotopic (exact) mass is 757 g/mol. The van der Waals surface area contributed by atoms with E-state index in [1.807, 2.05) is 121 Å². The smallest absolute Gasteiger partial charge is 0.130 e. The van der Waals surface area contributed by atoms with Crippen molar-refractivity contribution in [1.82, 2.24) is 14.8 Å². The van der Waals surface area contributed by atoms with Crippen LogP contribution in [0, 0.1) is 0 Å². The molecule has 0 saturated carbocycles. The molecule has 294 valence electrons. The average Bonchev–Trinajstić information content (AvgIpc) is 3.85. The van der Waals surface area contributed by atoms with Gasteiger partial charge in [-0.2, -0.15) is 0 Å². The maximum Gasteiger partial charge on any atom is 0.130 e. The fraction of sp³-hybridized carbons (Fsp3) is 0.383. The largest absolute Gasteiger partial charge is 0.382 e. The maximum atomic E-state index is 12.9. The van der Waals surface area contributed by atoms with Crippen molar-refractivity contribution < 1.29 is 29.2 Å². The molecular weight excluding hydrogens is 703 g/mol. The average molecular weight is 758 g/mol. The highest BCUT2D eigenvalue weighted by Gasteiger charge is 2.50. The van der Waals surface area contributed by atoms with Crippen LogP contribution in [0.3, 0.4) is 0 Å². The zero-order valence-corrected chi connectivity index (χ0v) is 32.5. The Hall–Kier alpha value is -4.29. The number of rotatable bonds is 18. The van der Waals surface area contributed by atoms with Crippen LogP contribution in [0.15, 0.2) is 140 Å². The van der Waals surface area contributed by atoms with E-state index in [-0.39, 0.29) is 24.3 Å². The zero-order chi connectivity index (χ0) is 38.8. The maximum absolute atomic E-state index is 12.9. The number of benzene rings is 4. The van der Waals surface area contributed by atoms with Crippen molar-refractivity contribution in [2.24, 2.45) is 0 Å². The van der Waals surface area contributed by atoms with Crippen LogP contribution < -0.4 is 0 Å². The number of hydrogen-bond donors (Lipinski definition) is 2. The van der Waals surface area contributed by atoms with Gasteiger partial charge in [-0.05, 0) is 47.2 Å². The number of hydrogen-bond acceptors (Lipinski definition) is 9. The van der Waals surface area contributed by atoms with E-state index in [1.165, 1.54) is 0 Å². The molecule has 1 aromatic heterocycles. The van der Waals surface area contributed by atoms with Crippen molar-refractivity contribution in [2.45, 2.75) is 61.4 Å². The summed E-state index contributed by atoms with van der Waals surface area (Å²) in [6.07, 6.45) is 1.10. The van der Waals surface area contributed by atoms with Crippen LogP contribution in [0.4, 0.5) is 0 Å². The van der Waals surface area contributed by atoms with Crippen molar-refractivity contribution in [3.8, 4) is 0 Å². The minimum Gasteiger partial charge on any atom is -0.382 e. The molecule has 2 N–H and O–H groups in total. The molecule has 56 heavy (non-hydrogen) atoms. The molecule has 5 aromatic rings. The van der Waals surface area contributed by atoms with Crippen LogP contribution in [-0.4, -0.2) is 103 Å². The van der Waals surface area contributed by atoms with Crippen LogP contribution >= 0.6 is 0 Å². The van der Waals surface area contributed by atoms with Crippen LogP contribution in [0.2, 0.25) is 0 Å². The molecule has 4 aromatic carbocycles. The Morgan fingerprint density at radius 1 is 0.500 bits per heavy atom. The van der Waals surface area contributed by atoms with Crippen LogP contribution in [0.5, 0.6) is 0 Å². The highest BCUT2D eigenvalue weighted by atomic mass is 16.5. The summed E-state index contributed by atoms with van der Waals surface area (Å²) in [6.45, 7) is 4.30. The standard InChI is InChI=1S/C47H55N3O6/c1-53-26-28-55-42-30-44(46(51,36-16-7-3-8-17-36)37-18-9-4-10-19-37)49(34-42)32-40-24-15-25-41(48-40)33-50-35-43(56-29-27-54-2)31-45(50)47(52,38-20-11-5-12-21-38)39-22-13-6-14-23-39/h3-25,42-45,51-52H,26-35H2,1-2H3/t42-,43-,44+,45+/m1/s1. The Labute approximate surface area is 331 Å². The molecule has 0 bridgehead atoms. The number of ether oxygens (including phenoxy) is 4. The Balaban J connectivity index is 1.19. The third kappa shape index (κ3) is 8.81. The summed E-state index contributed by atoms with van der Waals surface area (Å²) in [4.78, 5) is 9.91. The van der Waals surface area contributed by atoms with E-state index in [0.717, 1.165) is 33.6 Å². The van der Waals surface area contributed by atoms with Gasteiger partial charge in [0.05, 0.1) is 50.0 Å². The van der Waals surface area contributed by atoms with Crippen molar-refractivity contribution >= 4 is 0 Å². The van der Waals surface area contributed by atoms with Gasteiger partial charge in [0.15, 0.2) is 0 Å². The fourth-order valence-electron chi connectivity index (χ4n) is 8.77. The summed E-state index contributed by atoms with van der Waals surface area (Å²) >= 11 is 0.